The summed E-state index contributed by atoms with van der Waals surface area (Å²) in [6.45, 7) is 7.17. The molecule has 13 heavy (non-hydrogen) atoms. The number of hydrogen-bond acceptors (Lipinski definition) is 0. The van der Waals surface area contributed by atoms with Gasteiger partial charge in [-0.2, -0.15) is 0 Å². The molecule has 0 aromatic heterocycles. The van der Waals surface area contributed by atoms with Crippen molar-refractivity contribution >= 4 is 15.9 Å². The summed E-state index contributed by atoms with van der Waals surface area (Å²) in [6, 6.07) is 0. The predicted octanol–water partition coefficient (Wildman–Crippen LogP) is 0.390. The molecular formula is C10H23Br2N. The molecule has 0 spiro atoms. The van der Waals surface area contributed by atoms with Crippen LogP contribution in [0.2, 0.25) is 0 Å². The summed E-state index contributed by atoms with van der Waals surface area (Å²) in [5.41, 5.74) is 1.10. The molecular weight excluding hydrogens is 294 g/mol. The third-order valence-corrected chi connectivity index (χ3v) is 3.60. The third-order valence-electron chi connectivity index (χ3n) is 2.39. The number of nitrogens with zero attached hydrogens (tertiary/aromatic N) is 1. The second-order valence-electron chi connectivity index (χ2n) is 3.89. The Kier molecular flexibility index (Phi) is 11.9. The Balaban J connectivity index is 0. The molecule has 0 fully saturated rings. The van der Waals surface area contributed by atoms with Gasteiger partial charge in [-0.3, -0.25) is 0 Å². The van der Waals surface area contributed by atoms with Gasteiger partial charge >= 0.3 is 0 Å². The van der Waals surface area contributed by atoms with Crippen molar-refractivity contribution in [2.24, 2.45) is 0 Å². The van der Waals surface area contributed by atoms with E-state index < -0.39 is 0 Å². The maximum Gasteiger partial charge on any atom is 0.134 e. The lowest BCUT2D eigenvalue weighted by Crippen LogP contribution is -3.00. The van der Waals surface area contributed by atoms with Crippen LogP contribution >= 0.6 is 15.9 Å². The van der Waals surface area contributed by atoms with E-state index >= 15 is 0 Å². The molecule has 1 nitrogen and oxygen atoms in total. The van der Waals surface area contributed by atoms with Gasteiger partial charge in [0.2, 0.25) is 0 Å². The summed E-state index contributed by atoms with van der Waals surface area (Å²) < 4.78 is 1.20. The first kappa shape index (κ1) is 16.4. The first-order valence-electron chi connectivity index (χ1n) is 5.08. The Morgan fingerprint density at radius 2 is 1.38 bits per heavy atom. The normalized spacial score (nSPS) is 11.1. The Hall–Kier alpha value is 0.920. The van der Waals surface area contributed by atoms with Gasteiger partial charge in [-0.15, -0.1) is 0 Å². The molecule has 0 aromatic rings. The van der Waals surface area contributed by atoms with Crippen molar-refractivity contribution in [1.29, 1.82) is 0 Å². The Labute approximate surface area is 102 Å². The van der Waals surface area contributed by atoms with Gasteiger partial charge in [-0.1, -0.05) is 26.7 Å². The summed E-state index contributed by atoms with van der Waals surface area (Å²) in [6.07, 6.45) is 5.33. The first-order valence-corrected chi connectivity index (χ1v) is 6.20. The molecule has 0 aliphatic heterocycles. The van der Waals surface area contributed by atoms with E-state index in [1.165, 1.54) is 43.3 Å². The highest BCUT2D eigenvalue weighted by molar-refractivity contribution is 9.09. The van der Waals surface area contributed by atoms with Crippen LogP contribution < -0.4 is 17.0 Å². The van der Waals surface area contributed by atoms with Gasteiger partial charge in [0.1, 0.15) is 5.45 Å². The summed E-state index contributed by atoms with van der Waals surface area (Å²) in [4.78, 5) is 0. The Morgan fingerprint density at radius 1 is 1.00 bits per heavy atom. The van der Waals surface area contributed by atoms with Gasteiger partial charge < -0.3 is 21.5 Å². The van der Waals surface area contributed by atoms with Gasteiger partial charge in [0.05, 0.1) is 20.1 Å². The van der Waals surface area contributed by atoms with E-state index in [0.29, 0.717) is 0 Å². The van der Waals surface area contributed by atoms with Gasteiger partial charge in [0.15, 0.2) is 0 Å². The number of unbranched alkanes of at least 4 members (excludes halogenated alkanes) is 2. The van der Waals surface area contributed by atoms with E-state index in [2.05, 4.69) is 36.8 Å². The standard InChI is InChI=1S/C10H23BrN.BrH/c1-4-6-8-12(3,10-11)9-7-5-2;/h4-10H2,1-3H3;1H/q+1;/p-1. The van der Waals surface area contributed by atoms with E-state index in [-0.39, 0.29) is 17.0 Å². The van der Waals surface area contributed by atoms with Crippen LogP contribution in [0.25, 0.3) is 0 Å². The SMILES string of the molecule is CCCC[N+](C)(CBr)CCCC.[Br-]. The number of quaternary nitrogens is 1. The highest BCUT2D eigenvalue weighted by Crippen LogP contribution is 2.10. The smallest absolute Gasteiger partial charge is 0.134 e. The van der Waals surface area contributed by atoms with Gasteiger partial charge in [0, 0.05) is 0 Å². The molecule has 0 atom stereocenters. The fourth-order valence-corrected chi connectivity index (χ4v) is 1.81. The fraction of sp³-hybridized carbons (Fsp3) is 1.00. The molecule has 0 aliphatic rings. The third kappa shape index (κ3) is 7.95. The second-order valence-corrected chi connectivity index (χ2v) is 4.39. The first-order chi connectivity index (χ1) is 5.68. The minimum Gasteiger partial charge on any atom is -1.00 e. The summed E-state index contributed by atoms with van der Waals surface area (Å²) >= 11 is 3.60. The highest BCUT2D eigenvalue weighted by Gasteiger charge is 2.17. The molecule has 0 aromatic carbocycles. The zero-order valence-corrected chi connectivity index (χ0v) is 12.3. The molecule has 3 heteroatoms. The van der Waals surface area contributed by atoms with Crippen LogP contribution in [0.5, 0.6) is 0 Å². The van der Waals surface area contributed by atoms with E-state index in [4.69, 9.17) is 0 Å². The molecule has 0 radical (unpaired) electrons. The maximum absolute atomic E-state index is 3.60. The number of rotatable bonds is 7. The summed E-state index contributed by atoms with van der Waals surface area (Å²) in [5, 5.41) is 0. The second kappa shape index (κ2) is 9.47. The maximum atomic E-state index is 3.60. The van der Waals surface area contributed by atoms with Crippen molar-refractivity contribution in [1.82, 2.24) is 0 Å². The van der Waals surface area contributed by atoms with Gasteiger partial charge in [-0.25, -0.2) is 0 Å². The number of hydrogen-bond donors (Lipinski definition) is 0. The molecule has 82 valence electrons. The minimum absolute atomic E-state index is 0. The van der Waals surface area contributed by atoms with Crippen LogP contribution in [0.3, 0.4) is 0 Å². The van der Waals surface area contributed by atoms with Crippen LogP contribution in [-0.4, -0.2) is 30.1 Å². The van der Waals surface area contributed by atoms with Crippen LogP contribution in [0.1, 0.15) is 39.5 Å². The molecule has 0 rings (SSSR count). The molecule has 0 aliphatic carbocycles. The van der Waals surface area contributed by atoms with Crippen molar-refractivity contribution in [3.8, 4) is 0 Å². The van der Waals surface area contributed by atoms with E-state index in [9.17, 15) is 0 Å². The molecule has 0 unspecified atom stereocenters. The molecule has 0 saturated heterocycles. The van der Waals surface area contributed by atoms with Crippen LogP contribution in [0, 0.1) is 0 Å². The largest absolute Gasteiger partial charge is 1.00 e. The average molecular weight is 317 g/mol. The quantitative estimate of drug-likeness (QED) is 0.362. The lowest BCUT2D eigenvalue weighted by atomic mass is 10.2. The summed E-state index contributed by atoms with van der Waals surface area (Å²) in [5.74, 6) is 0. The van der Waals surface area contributed by atoms with Crippen LogP contribution in [0.4, 0.5) is 0 Å². The monoisotopic (exact) mass is 315 g/mol. The zero-order valence-electron chi connectivity index (χ0n) is 9.15. The van der Waals surface area contributed by atoms with Crippen molar-refractivity contribution in [2.75, 3.05) is 25.6 Å². The molecule has 0 bridgehead atoms. The minimum atomic E-state index is 0. The lowest BCUT2D eigenvalue weighted by Gasteiger charge is -2.32. The van der Waals surface area contributed by atoms with Crippen molar-refractivity contribution < 1.29 is 21.5 Å². The molecule has 0 N–H and O–H groups in total. The van der Waals surface area contributed by atoms with Crippen LogP contribution in [-0.2, 0) is 0 Å². The van der Waals surface area contributed by atoms with Crippen molar-refractivity contribution in [3.63, 3.8) is 0 Å². The van der Waals surface area contributed by atoms with Gasteiger partial charge in [-0.05, 0) is 28.8 Å². The Morgan fingerprint density at radius 3 is 1.62 bits per heavy atom. The summed E-state index contributed by atoms with van der Waals surface area (Å²) in [7, 11) is 2.35. The van der Waals surface area contributed by atoms with Crippen molar-refractivity contribution in [2.45, 2.75) is 39.5 Å². The topological polar surface area (TPSA) is 0 Å². The predicted molar refractivity (Wildman–Crippen MR) is 59.5 cm³/mol. The van der Waals surface area contributed by atoms with Gasteiger partial charge in [0.25, 0.3) is 0 Å². The molecule has 0 amide bonds. The molecule has 0 heterocycles. The Bertz CT molecular complexity index is 99.1. The number of alkyl halides is 1. The average Bonchev–Trinajstić information content (AvgIpc) is 2.11. The molecule has 0 saturated carbocycles. The van der Waals surface area contributed by atoms with Crippen LogP contribution in [0.15, 0.2) is 0 Å². The fourth-order valence-electron chi connectivity index (χ4n) is 1.31. The zero-order chi connectivity index (χ0) is 9.45. The lowest BCUT2D eigenvalue weighted by molar-refractivity contribution is -0.896. The van der Waals surface area contributed by atoms with E-state index in [1.54, 1.807) is 0 Å². The van der Waals surface area contributed by atoms with E-state index in [0.717, 1.165) is 5.45 Å². The number of halogens is 2. The highest BCUT2D eigenvalue weighted by atomic mass is 79.9. The van der Waals surface area contributed by atoms with Crippen molar-refractivity contribution in [3.05, 3.63) is 0 Å². The van der Waals surface area contributed by atoms with E-state index in [1.807, 2.05) is 0 Å².